The highest BCUT2D eigenvalue weighted by atomic mass is 16.5. The second-order valence-electron chi connectivity index (χ2n) is 4.97. The van der Waals surface area contributed by atoms with E-state index in [0.29, 0.717) is 0 Å². The van der Waals surface area contributed by atoms with Crippen molar-refractivity contribution in [3.8, 4) is 5.75 Å². The van der Waals surface area contributed by atoms with E-state index in [9.17, 15) is 0 Å². The Morgan fingerprint density at radius 3 is 2.76 bits per heavy atom. The smallest absolute Gasteiger partial charge is 0.138 e. The van der Waals surface area contributed by atoms with E-state index in [-0.39, 0.29) is 0 Å². The van der Waals surface area contributed by atoms with Crippen molar-refractivity contribution < 1.29 is 4.74 Å². The number of nitrogens with one attached hydrogen (secondary N) is 1. The highest BCUT2D eigenvalue weighted by molar-refractivity contribution is 6.00. The number of anilines is 3. The first-order chi connectivity index (χ1) is 10.2. The molecule has 3 N–H and O–H groups in total. The standard InChI is InChI=1S/C17H17N3O/c1-11-8-15-14(16(18)9-11)6-7-19-17(15)20-12-4-3-5-13(10-12)21-2/h3-10H,18H2,1-2H3,(H,19,20). The van der Waals surface area contributed by atoms with Crippen molar-refractivity contribution in [1.82, 2.24) is 4.98 Å². The van der Waals surface area contributed by atoms with E-state index >= 15 is 0 Å². The Hall–Kier alpha value is -2.75. The average Bonchev–Trinajstić information content (AvgIpc) is 2.48. The van der Waals surface area contributed by atoms with Crippen LogP contribution in [0.1, 0.15) is 5.56 Å². The van der Waals surface area contributed by atoms with Crippen LogP contribution in [0.25, 0.3) is 10.8 Å². The largest absolute Gasteiger partial charge is 0.497 e. The second kappa shape index (κ2) is 5.32. The number of hydrogen-bond donors (Lipinski definition) is 2. The maximum Gasteiger partial charge on any atom is 0.138 e. The highest BCUT2D eigenvalue weighted by Gasteiger charge is 2.06. The van der Waals surface area contributed by atoms with Gasteiger partial charge in [-0.1, -0.05) is 6.07 Å². The van der Waals surface area contributed by atoms with Crippen LogP contribution < -0.4 is 15.8 Å². The van der Waals surface area contributed by atoms with Crippen molar-refractivity contribution in [2.45, 2.75) is 6.92 Å². The summed E-state index contributed by atoms with van der Waals surface area (Å²) < 4.78 is 5.24. The maximum absolute atomic E-state index is 6.09. The molecule has 0 spiro atoms. The predicted octanol–water partition coefficient (Wildman–Crippen LogP) is 3.88. The molecule has 0 fully saturated rings. The summed E-state index contributed by atoms with van der Waals surface area (Å²) in [5.74, 6) is 1.59. The fraction of sp³-hybridized carbons (Fsp3) is 0.118. The summed E-state index contributed by atoms with van der Waals surface area (Å²) >= 11 is 0. The van der Waals surface area contributed by atoms with Crippen LogP contribution in [-0.2, 0) is 0 Å². The van der Waals surface area contributed by atoms with Crippen LogP contribution in [0.5, 0.6) is 5.75 Å². The topological polar surface area (TPSA) is 60.2 Å². The van der Waals surface area contributed by atoms with E-state index in [1.54, 1.807) is 13.3 Å². The Morgan fingerprint density at radius 1 is 1.10 bits per heavy atom. The number of pyridine rings is 1. The molecular weight excluding hydrogens is 262 g/mol. The van der Waals surface area contributed by atoms with E-state index in [1.807, 2.05) is 43.3 Å². The lowest BCUT2D eigenvalue weighted by Gasteiger charge is -2.11. The number of fused-ring (bicyclic) bond motifs is 1. The lowest BCUT2D eigenvalue weighted by Crippen LogP contribution is -1.97. The van der Waals surface area contributed by atoms with Gasteiger partial charge in [0.15, 0.2) is 0 Å². The third-order valence-corrected chi connectivity index (χ3v) is 3.39. The summed E-state index contributed by atoms with van der Waals surface area (Å²) in [6.07, 6.45) is 1.76. The van der Waals surface area contributed by atoms with E-state index in [2.05, 4.69) is 16.4 Å². The molecule has 4 nitrogen and oxygen atoms in total. The number of aryl methyl sites for hydroxylation is 1. The molecule has 21 heavy (non-hydrogen) atoms. The van der Waals surface area contributed by atoms with Crippen molar-refractivity contribution in [2.24, 2.45) is 0 Å². The number of benzene rings is 2. The molecule has 0 saturated carbocycles. The van der Waals surface area contributed by atoms with Gasteiger partial charge in [-0.15, -0.1) is 0 Å². The Labute approximate surface area is 123 Å². The normalized spacial score (nSPS) is 10.6. The Kier molecular flexibility index (Phi) is 3.36. The molecule has 2 aromatic carbocycles. The minimum absolute atomic E-state index is 0.765. The van der Waals surface area contributed by atoms with Gasteiger partial charge in [0.05, 0.1) is 7.11 Å². The molecule has 0 amide bonds. The Balaban J connectivity index is 2.08. The molecule has 3 rings (SSSR count). The number of hydrogen-bond acceptors (Lipinski definition) is 4. The maximum atomic E-state index is 6.09. The first kappa shape index (κ1) is 13.2. The van der Waals surface area contributed by atoms with E-state index < -0.39 is 0 Å². The lowest BCUT2D eigenvalue weighted by atomic mass is 10.1. The van der Waals surface area contributed by atoms with Gasteiger partial charge >= 0.3 is 0 Å². The third kappa shape index (κ3) is 2.60. The van der Waals surface area contributed by atoms with Gasteiger partial charge in [0, 0.05) is 34.4 Å². The summed E-state index contributed by atoms with van der Waals surface area (Å²) in [7, 11) is 1.65. The Bertz CT molecular complexity index is 799. The van der Waals surface area contributed by atoms with Crippen molar-refractivity contribution in [1.29, 1.82) is 0 Å². The Morgan fingerprint density at radius 2 is 1.95 bits per heavy atom. The van der Waals surface area contributed by atoms with Crippen LogP contribution in [0.2, 0.25) is 0 Å². The second-order valence-corrected chi connectivity index (χ2v) is 4.97. The number of nitrogen functional groups attached to an aromatic ring is 1. The molecule has 0 unspecified atom stereocenters. The van der Waals surface area contributed by atoms with Gasteiger partial charge in [-0.05, 0) is 42.8 Å². The van der Waals surface area contributed by atoms with Crippen LogP contribution in [0.15, 0.2) is 48.7 Å². The number of rotatable bonds is 3. The molecule has 0 saturated heterocycles. The molecule has 106 valence electrons. The van der Waals surface area contributed by atoms with Gasteiger partial charge in [0.1, 0.15) is 11.6 Å². The van der Waals surface area contributed by atoms with E-state index in [0.717, 1.165) is 39.3 Å². The molecule has 1 aromatic heterocycles. The van der Waals surface area contributed by atoms with Crippen LogP contribution >= 0.6 is 0 Å². The molecule has 0 radical (unpaired) electrons. The molecule has 3 aromatic rings. The SMILES string of the molecule is COc1cccc(Nc2nccc3c(N)cc(C)cc23)c1. The summed E-state index contributed by atoms with van der Waals surface area (Å²) in [5.41, 5.74) is 8.89. The van der Waals surface area contributed by atoms with Crippen LogP contribution in [-0.4, -0.2) is 12.1 Å². The number of methoxy groups -OCH3 is 1. The molecule has 0 atom stereocenters. The average molecular weight is 279 g/mol. The monoisotopic (exact) mass is 279 g/mol. The first-order valence-electron chi connectivity index (χ1n) is 6.73. The van der Waals surface area contributed by atoms with Crippen molar-refractivity contribution in [3.05, 3.63) is 54.2 Å². The summed E-state index contributed by atoms with van der Waals surface area (Å²) in [5, 5.41) is 5.34. The number of nitrogens with two attached hydrogens (primary N) is 1. The molecule has 0 aliphatic carbocycles. The zero-order valence-electron chi connectivity index (χ0n) is 12.1. The van der Waals surface area contributed by atoms with Gasteiger partial charge in [-0.2, -0.15) is 0 Å². The van der Waals surface area contributed by atoms with Gasteiger partial charge in [-0.25, -0.2) is 4.98 Å². The molecule has 0 aliphatic rings. The van der Waals surface area contributed by atoms with Crippen molar-refractivity contribution in [2.75, 3.05) is 18.2 Å². The van der Waals surface area contributed by atoms with Gasteiger partial charge in [0.2, 0.25) is 0 Å². The van der Waals surface area contributed by atoms with Gasteiger partial charge < -0.3 is 15.8 Å². The number of aromatic nitrogens is 1. The fourth-order valence-electron chi connectivity index (χ4n) is 2.40. The lowest BCUT2D eigenvalue weighted by molar-refractivity contribution is 0.415. The van der Waals surface area contributed by atoms with Crippen LogP contribution in [0.3, 0.4) is 0 Å². The first-order valence-corrected chi connectivity index (χ1v) is 6.73. The fourth-order valence-corrected chi connectivity index (χ4v) is 2.40. The highest BCUT2D eigenvalue weighted by Crippen LogP contribution is 2.30. The number of ether oxygens (including phenoxy) is 1. The number of nitrogens with zero attached hydrogens (tertiary/aromatic N) is 1. The minimum atomic E-state index is 0.765. The zero-order valence-corrected chi connectivity index (χ0v) is 12.1. The molecule has 1 heterocycles. The predicted molar refractivity (Wildman–Crippen MR) is 87.2 cm³/mol. The van der Waals surface area contributed by atoms with Crippen molar-refractivity contribution >= 4 is 28.0 Å². The minimum Gasteiger partial charge on any atom is -0.497 e. The quantitative estimate of drug-likeness (QED) is 0.714. The molecular formula is C17H17N3O. The molecule has 4 heteroatoms. The third-order valence-electron chi connectivity index (χ3n) is 3.39. The summed E-state index contributed by atoms with van der Waals surface area (Å²) in [4.78, 5) is 4.43. The molecule has 0 bridgehead atoms. The summed E-state index contributed by atoms with van der Waals surface area (Å²) in [6.45, 7) is 2.03. The molecule has 0 aliphatic heterocycles. The zero-order chi connectivity index (χ0) is 14.8. The van der Waals surface area contributed by atoms with Gasteiger partial charge in [-0.3, -0.25) is 0 Å². The van der Waals surface area contributed by atoms with Crippen LogP contribution in [0, 0.1) is 6.92 Å². The van der Waals surface area contributed by atoms with Crippen molar-refractivity contribution in [3.63, 3.8) is 0 Å². The van der Waals surface area contributed by atoms with Crippen LogP contribution in [0.4, 0.5) is 17.2 Å². The summed E-state index contributed by atoms with van der Waals surface area (Å²) in [6, 6.07) is 13.7. The van der Waals surface area contributed by atoms with E-state index in [1.165, 1.54) is 0 Å². The van der Waals surface area contributed by atoms with E-state index in [4.69, 9.17) is 10.5 Å². The van der Waals surface area contributed by atoms with Gasteiger partial charge in [0.25, 0.3) is 0 Å².